The van der Waals surface area contributed by atoms with E-state index in [0.29, 0.717) is 24.6 Å². The smallest absolute Gasteiger partial charge is 0.330 e. The molecule has 1 heterocycles. The third kappa shape index (κ3) is 5.77. The zero-order valence-corrected chi connectivity index (χ0v) is 15.2. The molecule has 1 aromatic heterocycles. The molecule has 2 N–H and O–H groups in total. The Morgan fingerprint density at radius 1 is 1.37 bits per heavy atom. The van der Waals surface area contributed by atoms with Gasteiger partial charge in [0, 0.05) is 19.3 Å². The average molecular weight is 379 g/mol. The molecule has 0 saturated carbocycles. The molecule has 0 spiro atoms. The Bertz CT molecular complexity index is 793. The van der Waals surface area contributed by atoms with Gasteiger partial charge in [0.05, 0.1) is 7.11 Å². The Hall–Kier alpha value is -2.97. The van der Waals surface area contributed by atoms with Crippen molar-refractivity contribution >= 4 is 11.9 Å². The minimum absolute atomic E-state index is 0.00350. The Kier molecular flexibility index (Phi) is 7.27. The number of amides is 1. The molecule has 8 nitrogen and oxygen atoms in total. The van der Waals surface area contributed by atoms with E-state index in [1.165, 1.54) is 19.2 Å². The number of benzene rings is 1. The number of aromatic nitrogens is 2. The Morgan fingerprint density at radius 2 is 2.15 bits per heavy atom. The standard InChI is InChI=1S/C18H22FN3O5/c1-3-5-14-20-16(27-22-14)7-4-6-15(23)21-17(18(24)25)11-8-9-13(26-2)12(19)10-11/h8-10,17H,3-7H2,1-2H3,(H,21,23)(H,24,25). The van der Waals surface area contributed by atoms with E-state index in [1.807, 2.05) is 6.92 Å². The van der Waals surface area contributed by atoms with Gasteiger partial charge in [-0.1, -0.05) is 18.1 Å². The van der Waals surface area contributed by atoms with Gasteiger partial charge < -0.3 is 19.7 Å². The van der Waals surface area contributed by atoms with Crippen LogP contribution in [0.15, 0.2) is 22.7 Å². The molecular formula is C18H22FN3O5. The van der Waals surface area contributed by atoms with Crippen molar-refractivity contribution in [2.24, 2.45) is 0 Å². The molecular weight excluding hydrogens is 357 g/mol. The molecule has 0 saturated heterocycles. The van der Waals surface area contributed by atoms with Crippen LogP contribution in [-0.2, 0) is 22.4 Å². The predicted octanol–water partition coefficient (Wildman–Crippen LogP) is 2.43. The molecule has 0 aliphatic heterocycles. The lowest BCUT2D eigenvalue weighted by atomic mass is 10.1. The number of aryl methyl sites for hydroxylation is 2. The summed E-state index contributed by atoms with van der Waals surface area (Å²) in [5.74, 6) is -1.38. The maximum absolute atomic E-state index is 13.8. The van der Waals surface area contributed by atoms with E-state index in [4.69, 9.17) is 9.26 Å². The number of nitrogens with zero attached hydrogens (tertiary/aromatic N) is 2. The molecule has 2 rings (SSSR count). The number of carbonyl (C=O) groups excluding carboxylic acids is 1. The van der Waals surface area contributed by atoms with E-state index >= 15 is 0 Å². The number of methoxy groups -OCH3 is 1. The second-order valence-electron chi connectivity index (χ2n) is 5.94. The van der Waals surface area contributed by atoms with Crippen LogP contribution in [0.3, 0.4) is 0 Å². The predicted molar refractivity (Wildman–Crippen MR) is 92.7 cm³/mol. The molecule has 2 aromatic rings. The van der Waals surface area contributed by atoms with E-state index in [-0.39, 0.29) is 17.7 Å². The van der Waals surface area contributed by atoms with Crippen molar-refractivity contribution in [3.05, 3.63) is 41.3 Å². The molecule has 1 aromatic carbocycles. The van der Waals surface area contributed by atoms with Crippen LogP contribution in [0.1, 0.15) is 49.5 Å². The first kappa shape index (κ1) is 20.3. The Morgan fingerprint density at radius 3 is 2.78 bits per heavy atom. The molecule has 27 heavy (non-hydrogen) atoms. The lowest BCUT2D eigenvalue weighted by molar-refractivity contribution is -0.142. The fraction of sp³-hybridized carbons (Fsp3) is 0.444. The number of carboxylic acids is 1. The van der Waals surface area contributed by atoms with E-state index in [9.17, 15) is 19.1 Å². The van der Waals surface area contributed by atoms with Crippen molar-refractivity contribution in [2.45, 2.75) is 45.1 Å². The lowest BCUT2D eigenvalue weighted by Gasteiger charge is -2.15. The summed E-state index contributed by atoms with van der Waals surface area (Å²) in [6, 6.07) is 2.40. The number of hydrogen-bond acceptors (Lipinski definition) is 6. The van der Waals surface area contributed by atoms with Crippen LogP contribution >= 0.6 is 0 Å². The normalized spacial score (nSPS) is 11.8. The van der Waals surface area contributed by atoms with Gasteiger partial charge in [0.1, 0.15) is 0 Å². The van der Waals surface area contributed by atoms with Crippen LogP contribution < -0.4 is 10.1 Å². The minimum atomic E-state index is -1.35. The number of ether oxygens (including phenoxy) is 1. The van der Waals surface area contributed by atoms with Crippen LogP contribution in [0.2, 0.25) is 0 Å². The summed E-state index contributed by atoms with van der Waals surface area (Å²) in [6.07, 6.45) is 2.54. The zero-order chi connectivity index (χ0) is 19.8. The second kappa shape index (κ2) is 9.65. The minimum Gasteiger partial charge on any atom is -0.494 e. The number of halogens is 1. The number of aliphatic carboxylic acids is 1. The van der Waals surface area contributed by atoms with Gasteiger partial charge in [-0.15, -0.1) is 0 Å². The largest absolute Gasteiger partial charge is 0.494 e. The van der Waals surface area contributed by atoms with Crippen molar-refractivity contribution < 1.29 is 28.3 Å². The number of carboxylic acid groups (broad SMARTS) is 1. The molecule has 146 valence electrons. The summed E-state index contributed by atoms with van der Waals surface area (Å²) in [4.78, 5) is 27.7. The van der Waals surface area contributed by atoms with Gasteiger partial charge in [-0.05, 0) is 30.5 Å². The highest BCUT2D eigenvalue weighted by molar-refractivity contribution is 5.84. The number of hydrogen-bond donors (Lipinski definition) is 2. The number of rotatable bonds is 10. The maximum Gasteiger partial charge on any atom is 0.330 e. The Balaban J connectivity index is 1.90. The monoisotopic (exact) mass is 379 g/mol. The maximum atomic E-state index is 13.8. The van der Waals surface area contributed by atoms with Gasteiger partial charge in [0.25, 0.3) is 0 Å². The molecule has 0 aliphatic carbocycles. The van der Waals surface area contributed by atoms with E-state index in [1.54, 1.807) is 0 Å². The highest BCUT2D eigenvalue weighted by atomic mass is 19.1. The molecule has 0 fully saturated rings. The fourth-order valence-electron chi connectivity index (χ4n) is 2.50. The van der Waals surface area contributed by atoms with Gasteiger partial charge in [0.15, 0.2) is 23.4 Å². The van der Waals surface area contributed by atoms with Crippen molar-refractivity contribution in [1.82, 2.24) is 15.5 Å². The quantitative estimate of drug-likeness (QED) is 0.651. The van der Waals surface area contributed by atoms with E-state index in [2.05, 4.69) is 15.5 Å². The molecule has 1 unspecified atom stereocenters. The molecule has 0 bridgehead atoms. The first-order valence-electron chi connectivity index (χ1n) is 8.61. The van der Waals surface area contributed by atoms with Crippen LogP contribution in [-0.4, -0.2) is 34.2 Å². The SMILES string of the molecule is CCCc1noc(CCCC(=O)NC(C(=O)O)c2ccc(OC)c(F)c2)n1. The molecule has 9 heteroatoms. The first-order valence-corrected chi connectivity index (χ1v) is 8.61. The third-order valence-corrected chi connectivity index (χ3v) is 3.84. The van der Waals surface area contributed by atoms with Gasteiger partial charge in [-0.25, -0.2) is 9.18 Å². The van der Waals surface area contributed by atoms with Crippen molar-refractivity contribution in [3.63, 3.8) is 0 Å². The molecule has 0 aliphatic rings. The van der Waals surface area contributed by atoms with Crippen molar-refractivity contribution in [3.8, 4) is 5.75 Å². The van der Waals surface area contributed by atoms with Gasteiger partial charge >= 0.3 is 5.97 Å². The topological polar surface area (TPSA) is 115 Å². The Labute approximate surface area is 155 Å². The highest BCUT2D eigenvalue weighted by Gasteiger charge is 2.23. The summed E-state index contributed by atoms with van der Waals surface area (Å²) >= 11 is 0. The summed E-state index contributed by atoms with van der Waals surface area (Å²) < 4.78 is 23.7. The first-order chi connectivity index (χ1) is 12.9. The van der Waals surface area contributed by atoms with Gasteiger partial charge in [-0.3, -0.25) is 4.79 Å². The van der Waals surface area contributed by atoms with Crippen molar-refractivity contribution in [2.75, 3.05) is 7.11 Å². The van der Waals surface area contributed by atoms with E-state index < -0.39 is 23.7 Å². The van der Waals surface area contributed by atoms with Gasteiger partial charge in [0.2, 0.25) is 11.8 Å². The fourth-order valence-corrected chi connectivity index (χ4v) is 2.50. The zero-order valence-electron chi connectivity index (χ0n) is 15.2. The van der Waals surface area contributed by atoms with Crippen LogP contribution in [0, 0.1) is 5.82 Å². The summed E-state index contributed by atoms with van der Waals surface area (Å²) in [7, 11) is 1.31. The van der Waals surface area contributed by atoms with Gasteiger partial charge in [-0.2, -0.15) is 4.98 Å². The third-order valence-electron chi connectivity index (χ3n) is 3.84. The van der Waals surface area contributed by atoms with Crippen LogP contribution in [0.4, 0.5) is 4.39 Å². The second-order valence-corrected chi connectivity index (χ2v) is 5.94. The van der Waals surface area contributed by atoms with E-state index in [0.717, 1.165) is 18.9 Å². The lowest BCUT2D eigenvalue weighted by Crippen LogP contribution is -2.33. The number of nitrogens with one attached hydrogen (secondary N) is 1. The molecule has 0 radical (unpaired) electrons. The van der Waals surface area contributed by atoms with Crippen molar-refractivity contribution in [1.29, 1.82) is 0 Å². The summed E-state index contributed by atoms with van der Waals surface area (Å²) in [6.45, 7) is 2.01. The average Bonchev–Trinajstić information content (AvgIpc) is 3.07. The van der Waals surface area contributed by atoms with Crippen LogP contribution in [0.25, 0.3) is 0 Å². The highest BCUT2D eigenvalue weighted by Crippen LogP contribution is 2.22. The number of carbonyl (C=O) groups is 2. The molecule has 1 amide bonds. The van der Waals surface area contributed by atoms with Crippen LogP contribution in [0.5, 0.6) is 5.75 Å². The summed E-state index contributed by atoms with van der Waals surface area (Å²) in [5, 5.41) is 15.6. The molecule has 1 atom stereocenters. The summed E-state index contributed by atoms with van der Waals surface area (Å²) in [5.41, 5.74) is 0.121.